The first-order valence-electron chi connectivity index (χ1n) is 7.72. The van der Waals surface area contributed by atoms with Crippen LogP contribution in [0, 0.1) is 5.82 Å². The SMILES string of the molecule is CCOc1c(Cl)cc(C(=O)NCCOc2ccc(F)cc2)cc1OC. The minimum absolute atomic E-state index is 0.249. The summed E-state index contributed by atoms with van der Waals surface area (Å²) >= 11 is 6.15. The quantitative estimate of drug-likeness (QED) is 0.723. The van der Waals surface area contributed by atoms with E-state index in [1.807, 2.05) is 6.92 Å². The van der Waals surface area contributed by atoms with Gasteiger partial charge in [0.2, 0.25) is 0 Å². The van der Waals surface area contributed by atoms with Gasteiger partial charge in [0, 0.05) is 5.56 Å². The minimum atomic E-state index is -0.332. The molecule has 0 aliphatic heterocycles. The Bertz CT molecular complexity index is 722. The molecule has 1 N–H and O–H groups in total. The normalized spacial score (nSPS) is 10.2. The van der Waals surface area contributed by atoms with Gasteiger partial charge in [-0.15, -0.1) is 0 Å². The van der Waals surface area contributed by atoms with Crippen LogP contribution in [0.1, 0.15) is 17.3 Å². The monoisotopic (exact) mass is 367 g/mol. The van der Waals surface area contributed by atoms with Gasteiger partial charge in [-0.3, -0.25) is 4.79 Å². The smallest absolute Gasteiger partial charge is 0.251 e. The Labute approximate surface area is 150 Å². The Balaban J connectivity index is 1.92. The molecule has 0 unspecified atom stereocenters. The number of methoxy groups -OCH3 is 1. The van der Waals surface area contributed by atoms with Gasteiger partial charge in [0.15, 0.2) is 11.5 Å². The molecule has 1 amide bonds. The molecule has 0 saturated heterocycles. The van der Waals surface area contributed by atoms with Crippen molar-refractivity contribution >= 4 is 17.5 Å². The molecule has 0 spiro atoms. The van der Waals surface area contributed by atoms with Gasteiger partial charge in [0.25, 0.3) is 5.91 Å². The number of carbonyl (C=O) groups excluding carboxylic acids is 1. The van der Waals surface area contributed by atoms with E-state index in [1.165, 1.54) is 37.4 Å². The molecule has 0 heterocycles. The summed E-state index contributed by atoms with van der Waals surface area (Å²) < 4.78 is 28.8. The number of nitrogens with one attached hydrogen (secondary N) is 1. The van der Waals surface area contributed by atoms with E-state index in [2.05, 4.69) is 5.32 Å². The summed E-state index contributed by atoms with van der Waals surface area (Å²) in [6.45, 7) is 2.79. The highest BCUT2D eigenvalue weighted by atomic mass is 35.5. The molecule has 0 atom stereocenters. The zero-order valence-electron chi connectivity index (χ0n) is 14.0. The fourth-order valence-corrected chi connectivity index (χ4v) is 2.37. The van der Waals surface area contributed by atoms with Crippen LogP contribution in [0.3, 0.4) is 0 Å². The van der Waals surface area contributed by atoms with E-state index >= 15 is 0 Å². The predicted octanol–water partition coefficient (Wildman–Crippen LogP) is 3.70. The number of halogens is 2. The molecule has 2 rings (SSSR count). The number of amides is 1. The molecule has 5 nitrogen and oxygen atoms in total. The zero-order valence-corrected chi connectivity index (χ0v) is 14.7. The Kier molecular flexibility index (Phi) is 6.89. The zero-order chi connectivity index (χ0) is 18.2. The summed E-state index contributed by atoms with van der Waals surface area (Å²) in [4.78, 5) is 12.2. The van der Waals surface area contributed by atoms with Gasteiger partial charge in [-0.25, -0.2) is 4.39 Å². The maximum absolute atomic E-state index is 12.8. The second-order valence-electron chi connectivity index (χ2n) is 4.98. The Hall–Kier alpha value is -2.47. The fraction of sp³-hybridized carbons (Fsp3) is 0.278. The first-order chi connectivity index (χ1) is 12.0. The van der Waals surface area contributed by atoms with Gasteiger partial charge in [0.1, 0.15) is 18.2 Å². The molecule has 0 radical (unpaired) electrons. The Morgan fingerprint density at radius 2 is 1.92 bits per heavy atom. The Morgan fingerprint density at radius 3 is 2.56 bits per heavy atom. The topological polar surface area (TPSA) is 56.8 Å². The molecule has 0 aliphatic carbocycles. The summed E-state index contributed by atoms with van der Waals surface area (Å²) in [7, 11) is 1.48. The maximum Gasteiger partial charge on any atom is 0.251 e. The maximum atomic E-state index is 12.8. The van der Waals surface area contributed by atoms with Crippen LogP contribution in [0.25, 0.3) is 0 Å². The van der Waals surface area contributed by atoms with Gasteiger partial charge >= 0.3 is 0 Å². The van der Waals surface area contributed by atoms with Gasteiger partial charge < -0.3 is 19.5 Å². The molecule has 134 valence electrons. The number of ether oxygens (including phenoxy) is 3. The van der Waals surface area contributed by atoms with E-state index < -0.39 is 0 Å². The highest BCUT2D eigenvalue weighted by Gasteiger charge is 2.15. The summed E-state index contributed by atoms with van der Waals surface area (Å²) in [6.07, 6.45) is 0. The minimum Gasteiger partial charge on any atom is -0.493 e. The van der Waals surface area contributed by atoms with Crippen molar-refractivity contribution in [1.82, 2.24) is 5.32 Å². The lowest BCUT2D eigenvalue weighted by Gasteiger charge is -2.13. The van der Waals surface area contributed by atoms with Crippen LogP contribution in [0.4, 0.5) is 4.39 Å². The molecule has 0 aliphatic rings. The van der Waals surface area contributed by atoms with E-state index in [0.29, 0.717) is 34.4 Å². The summed E-state index contributed by atoms with van der Waals surface area (Å²) in [5.41, 5.74) is 0.354. The first-order valence-corrected chi connectivity index (χ1v) is 8.09. The van der Waals surface area contributed by atoms with Crippen molar-refractivity contribution in [3.05, 3.63) is 52.8 Å². The van der Waals surface area contributed by atoms with Crippen LogP contribution < -0.4 is 19.5 Å². The number of rotatable bonds is 8. The standard InChI is InChI=1S/C18H19ClFNO4/c1-3-24-17-15(19)10-12(11-16(17)23-2)18(22)21-8-9-25-14-6-4-13(20)5-7-14/h4-7,10-11H,3,8-9H2,1-2H3,(H,21,22). The van der Waals surface area contributed by atoms with Crippen molar-refractivity contribution in [1.29, 1.82) is 0 Å². The molecule has 2 aromatic carbocycles. The van der Waals surface area contributed by atoms with Gasteiger partial charge in [-0.1, -0.05) is 11.6 Å². The summed E-state index contributed by atoms with van der Waals surface area (Å²) in [5, 5.41) is 3.02. The van der Waals surface area contributed by atoms with Gasteiger partial charge in [-0.2, -0.15) is 0 Å². The largest absolute Gasteiger partial charge is 0.493 e. The average Bonchev–Trinajstić information content (AvgIpc) is 2.61. The molecule has 0 saturated carbocycles. The summed E-state index contributed by atoms with van der Waals surface area (Å²) in [5.74, 6) is 0.680. The van der Waals surface area contributed by atoms with Crippen molar-refractivity contribution in [2.45, 2.75) is 6.92 Å². The summed E-state index contributed by atoms with van der Waals surface area (Å²) in [6, 6.07) is 8.74. The lowest BCUT2D eigenvalue weighted by Crippen LogP contribution is -2.28. The van der Waals surface area contributed by atoms with Crippen LogP contribution >= 0.6 is 11.6 Å². The van der Waals surface area contributed by atoms with Crippen molar-refractivity contribution < 1.29 is 23.4 Å². The van der Waals surface area contributed by atoms with Gasteiger partial charge in [0.05, 0.1) is 25.3 Å². The third-order valence-corrected chi connectivity index (χ3v) is 3.53. The second-order valence-corrected chi connectivity index (χ2v) is 5.39. The lowest BCUT2D eigenvalue weighted by molar-refractivity contribution is 0.0946. The van der Waals surface area contributed by atoms with E-state index in [1.54, 1.807) is 6.07 Å². The number of hydrogen-bond donors (Lipinski definition) is 1. The third-order valence-electron chi connectivity index (χ3n) is 3.25. The van der Waals surface area contributed by atoms with Gasteiger partial charge in [-0.05, 0) is 43.3 Å². The average molecular weight is 368 g/mol. The molecule has 0 fully saturated rings. The van der Waals surface area contributed by atoms with Crippen LogP contribution in [0.15, 0.2) is 36.4 Å². The highest BCUT2D eigenvalue weighted by Crippen LogP contribution is 2.36. The molecular weight excluding hydrogens is 349 g/mol. The predicted molar refractivity (Wildman–Crippen MR) is 93.4 cm³/mol. The molecule has 7 heteroatoms. The van der Waals surface area contributed by atoms with E-state index in [9.17, 15) is 9.18 Å². The number of carbonyl (C=O) groups is 1. The van der Waals surface area contributed by atoms with Crippen molar-refractivity contribution in [2.24, 2.45) is 0 Å². The van der Waals surface area contributed by atoms with Crippen LogP contribution in [-0.2, 0) is 0 Å². The number of hydrogen-bond acceptors (Lipinski definition) is 4. The molecule has 2 aromatic rings. The fourth-order valence-electron chi connectivity index (χ4n) is 2.10. The number of benzene rings is 2. The highest BCUT2D eigenvalue weighted by molar-refractivity contribution is 6.32. The Morgan fingerprint density at radius 1 is 1.20 bits per heavy atom. The van der Waals surface area contributed by atoms with E-state index in [-0.39, 0.29) is 24.9 Å². The molecular formula is C18H19ClFNO4. The van der Waals surface area contributed by atoms with E-state index in [4.69, 9.17) is 25.8 Å². The van der Waals surface area contributed by atoms with Crippen LogP contribution in [-0.4, -0.2) is 32.8 Å². The van der Waals surface area contributed by atoms with Crippen LogP contribution in [0.2, 0.25) is 5.02 Å². The van der Waals surface area contributed by atoms with Crippen molar-refractivity contribution in [3.8, 4) is 17.2 Å². The third kappa shape index (κ3) is 5.26. The lowest BCUT2D eigenvalue weighted by atomic mass is 10.2. The first kappa shape index (κ1) is 18.9. The van der Waals surface area contributed by atoms with Crippen LogP contribution in [0.5, 0.6) is 17.2 Å². The van der Waals surface area contributed by atoms with E-state index in [0.717, 1.165) is 0 Å². The molecule has 0 bridgehead atoms. The molecule has 0 aromatic heterocycles. The van der Waals surface area contributed by atoms with Crippen molar-refractivity contribution in [2.75, 3.05) is 26.9 Å². The van der Waals surface area contributed by atoms with Crippen molar-refractivity contribution in [3.63, 3.8) is 0 Å². The molecule has 25 heavy (non-hydrogen) atoms. The second kappa shape index (κ2) is 9.13.